The number of sulfone groups is 1. The fourth-order valence-electron chi connectivity index (χ4n) is 1.65. The molecule has 2 rings (SSSR count). The van der Waals surface area contributed by atoms with Crippen LogP contribution in [-0.2, 0) is 9.84 Å². The van der Waals surface area contributed by atoms with Gasteiger partial charge >= 0.3 is 0 Å². The smallest absolute Gasteiger partial charge is 0.243 e. The minimum Gasteiger partial charge on any atom is -0.337 e. The van der Waals surface area contributed by atoms with E-state index in [0.717, 1.165) is 24.5 Å². The Morgan fingerprint density at radius 3 is 2.48 bits per heavy atom. The van der Waals surface area contributed by atoms with Crippen molar-refractivity contribution in [2.45, 2.75) is 12.5 Å². The lowest BCUT2D eigenvalue weighted by Gasteiger charge is -2.04. The molecule has 1 aromatic carbocycles. The molecule has 114 valence electrons. The number of rotatable bonds is 5. The van der Waals surface area contributed by atoms with Gasteiger partial charge in [0.25, 0.3) is 0 Å². The van der Waals surface area contributed by atoms with Crippen molar-refractivity contribution in [2.75, 3.05) is 12.0 Å². The summed E-state index contributed by atoms with van der Waals surface area (Å²) in [6.45, 7) is 0. The maximum absolute atomic E-state index is 13.1. The number of benzene rings is 1. The molecule has 0 aliphatic rings. The lowest BCUT2D eigenvalue weighted by molar-refractivity contribution is 0.352. The summed E-state index contributed by atoms with van der Waals surface area (Å²) in [5, 5.41) is 3.59. The van der Waals surface area contributed by atoms with Gasteiger partial charge in [0.2, 0.25) is 11.7 Å². The van der Waals surface area contributed by atoms with Gasteiger partial charge < -0.3 is 10.3 Å². The summed E-state index contributed by atoms with van der Waals surface area (Å²) in [6, 6.07) is 2.07. The Morgan fingerprint density at radius 2 is 1.90 bits per heavy atom. The molecule has 1 atom stereocenters. The lowest BCUT2D eigenvalue weighted by atomic mass is 10.2. The van der Waals surface area contributed by atoms with E-state index < -0.39 is 27.5 Å². The topological polar surface area (TPSA) is 99.1 Å². The molecule has 1 aromatic heterocycles. The van der Waals surface area contributed by atoms with E-state index in [1.54, 1.807) is 0 Å². The monoisotopic (exact) mass is 317 g/mol. The van der Waals surface area contributed by atoms with Crippen LogP contribution in [0, 0.1) is 11.6 Å². The molecule has 0 amide bonds. The molecule has 0 bridgehead atoms. The van der Waals surface area contributed by atoms with Crippen LogP contribution in [0.4, 0.5) is 8.78 Å². The van der Waals surface area contributed by atoms with E-state index in [0.29, 0.717) is 0 Å². The fourth-order valence-corrected chi connectivity index (χ4v) is 2.33. The number of halogens is 2. The number of hydrogen-bond acceptors (Lipinski definition) is 6. The molecule has 1 unspecified atom stereocenters. The molecular formula is C12H13F2N3O3S. The van der Waals surface area contributed by atoms with E-state index in [1.807, 2.05) is 0 Å². The van der Waals surface area contributed by atoms with Gasteiger partial charge in [-0.05, 0) is 18.6 Å². The Balaban J connectivity index is 2.17. The van der Waals surface area contributed by atoms with E-state index in [2.05, 4.69) is 10.1 Å². The Hall–Kier alpha value is -1.87. The highest BCUT2D eigenvalue weighted by molar-refractivity contribution is 7.90. The minimum absolute atomic E-state index is 0.0123. The summed E-state index contributed by atoms with van der Waals surface area (Å²) in [5.74, 6) is -1.66. The molecule has 0 radical (unpaired) electrons. The van der Waals surface area contributed by atoms with Crippen LogP contribution in [0.1, 0.15) is 18.4 Å². The predicted molar refractivity (Wildman–Crippen MR) is 70.9 cm³/mol. The molecule has 0 saturated carbocycles. The van der Waals surface area contributed by atoms with Gasteiger partial charge in [-0.1, -0.05) is 5.16 Å². The van der Waals surface area contributed by atoms with Gasteiger partial charge in [-0.2, -0.15) is 4.98 Å². The molecule has 9 heteroatoms. The highest BCUT2D eigenvalue weighted by Crippen LogP contribution is 2.21. The van der Waals surface area contributed by atoms with Crippen LogP contribution in [0.2, 0.25) is 0 Å². The van der Waals surface area contributed by atoms with Crippen LogP contribution < -0.4 is 5.73 Å². The van der Waals surface area contributed by atoms with Crippen molar-refractivity contribution in [3.8, 4) is 11.4 Å². The number of nitrogens with zero attached hydrogens (tertiary/aromatic N) is 2. The third-order valence-electron chi connectivity index (χ3n) is 2.68. The van der Waals surface area contributed by atoms with Gasteiger partial charge in [0, 0.05) is 17.9 Å². The molecule has 1 heterocycles. The Labute approximate surface area is 119 Å². The lowest BCUT2D eigenvalue weighted by Crippen LogP contribution is -2.16. The first-order valence-electron chi connectivity index (χ1n) is 5.98. The van der Waals surface area contributed by atoms with Crippen LogP contribution in [0.15, 0.2) is 22.7 Å². The molecule has 2 N–H and O–H groups in total. The third kappa shape index (κ3) is 4.30. The normalized spacial score (nSPS) is 13.3. The van der Waals surface area contributed by atoms with Crippen LogP contribution in [0.5, 0.6) is 0 Å². The van der Waals surface area contributed by atoms with Gasteiger partial charge in [-0.25, -0.2) is 17.2 Å². The Morgan fingerprint density at radius 1 is 1.29 bits per heavy atom. The third-order valence-corrected chi connectivity index (χ3v) is 3.66. The maximum Gasteiger partial charge on any atom is 0.243 e. The average Bonchev–Trinajstić information content (AvgIpc) is 2.83. The molecule has 21 heavy (non-hydrogen) atoms. The molecule has 0 fully saturated rings. The largest absolute Gasteiger partial charge is 0.337 e. The van der Waals surface area contributed by atoms with Crippen LogP contribution in [-0.4, -0.2) is 30.6 Å². The first-order chi connectivity index (χ1) is 9.74. The zero-order valence-corrected chi connectivity index (χ0v) is 11.9. The maximum atomic E-state index is 13.1. The van der Waals surface area contributed by atoms with E-state index in [4.69, 9.17) is 10.3 Å². The SMILES string of the molecule is CS(=O)(=O)CCC(N)c1nc(-c2cc(F)cc(F)c2)no1. The molecular weight excluding hydrogens is 304 g/mol. The van der Waals surface area contributed by atoms with E-state index in [9.17, 15) is 17.2 Å². The summed E-state index contributed by atoms with van der Waals surface area (Å²) in [7, 11) is -3.15. The fraction of sp³-hybridized carbons (Fsp3) is 0.333. The van der Waals surface area contributed by atoms with Crippen molar-refractivity contribution in [3.63, 3.8) is 0 Å². The van der Waals surface area contributed by atoms with Crippen molar-refractivity contribution >= 4 is 9.84 Å². The number of nitrogens with two attached hydrogens (primary N) is 1. The zero-order valence-electron chi connectivity index (χ0n) is 11.1. The van der Waals surface area contributed by atoms with Crippen LogP contribution in [0.25, 0.3) is 11.4 Å². The quantitative estimate of drug-likeness (QED) is 0.896. The van der Waals surface area contributed by atoms with Crippen LogP contribution >= 0.6 is 0 Å². The Bertz CT molecular complexity index is 726. The molecule has 0 spiro atoms. The van der Waals surface area contributed by atoms with E-state index >= 15 is 0 Å². The number of hydrogen-bond donors (Lipinski definition) is 1. The molecule has 0 aliphatic heterocycles. The molecule has 0 saturated heterocycles. The summed E-state index contributed by atoms with van der Waals surface area (Å²) < 4.78 is 53.3. The van der Waals surface area contributed by atoms with Crippen molar-refractivity contribution in [1.29, 1.82) is 0 Å². The number of aromatic nitrogens is 2. The van der Waals surface area contributed by atoms with E-state index in [1.165, 1.54) is 0 Å². The second kappa shape index (κ2) is 5.86. The average molecular weight is 317 g/mol. The molecule has 6 nitrogen and oxygen atoms in total. The molecule has 2 aromatic rings. The van der Waals surface area contributed by atoms with Gasteiger partial charge in [0.1, 0.15) is 21.5 Å². The van der Waals surface area contributed by atoms with Gasteiger partial charge in [-0.3, -0.25) is 0 Å². The highest BCUT2D eigenvalue weighted by Gasteiger charge is 2.18. The standard InChI is InChI=1S/C12H13F2N3O3S/c1-21(18,19)3-2-10(15)12-16-11(17-20-12)7-4-8(13)6-9(14)5-7/h4-6,10H,2-3,15H2,1H3. The van der Waals surface area contributed by atoms with Crippen molar-refractivity contribution in [2.24, 2.45) is 5.73 Å². The summed E-state index contributed by atoms with van der Waals surface area (Å²) in [6.07, 6.45) is 1.20. The summed E-state index contributed by atoms with van der Waals surface area (Å²) >= 11 is 0. The van der Waals surface area contributed by atoms with Crippen molar-refractivity contribution < 1.29 is 21.7 Å². The zero-order chi connectivity index (χ0) is 15.6. The van der Waals surface area contributed by atoms with Gasteiger partial charge in [-0.15, -0.1) is 0 Å². The van der Waals surface area contributed by atoms with Crippen molar-refractivity contribution in [3.05, 3.63) is 35.7 Å². The second-order valence-corrected chi connectivity index (χ2v) is 6.90. The first kappa shape index (κ1) is 15.5. The predicted octanol–water partition coefficient (Wildman–Crippen LogP) is 1.45. The minimum atomic E-state index is -3.15. The summed E-state index contributed by atoms with van der Waals surface area (Å²) in [4.78, 5) is 3.93. The second-order valence-electron chi connectivity index (χ2n) is 4.64. The highest BCUT2D eigenvalue weighted by atomic mass is 32.2. The van der Waals surface area contributed by atoms with Gasteiger partial charge in [0.15, 0.2) is 0 Å². The first-order valence-corrected chi connectivity index (χ1v) is 8.04. The van der Waals surface area contributed by atoms with Crippen molar-refractivity contribution in [1.82, 2.24) is 10.1 Å². The molecule has 0 aliphatic carbocycles. The van der Waals surface area contributed by atoms with E-state index in [-0.39, 0.29) is 29.5 Å². The Kier molecular flexibility index (Phi) is 4.33. The van der Waals surface area contributed by atoms with Crippen LogP contribution in [0.3, 0.4) is 0 Å². The summed E-state index contributed by atoms with van der Waals surface area (Å²) in [5.41, 5.74) is 5.85. The van der Waals surface area contributed by atoms with Gasteiger partial charge in [0.05, 0.1) is 11.8 Å².